The molecule has 0 aliphatic carbocycles. The second-order valence-corrected chi connectivity index (χ2v) is 10.2. The van der Waals surface area contributed by atoms with Crippen LogP contribution in [-0.4, -0.2) is 38.8 Å². The van der Waals surface area contributed by atoms with Gasteiger partial charge < -0.3 is 14.8 Å². The van der Waals surface area contributed by atoms with Crippen molar-refractivity contribution < 1.29 is 17.9 Å². The molecule has 1 fully saturated rings. The summed E-state index contributed by atoms with van der Waals surface area (Å²) in [6.45, 7) is 14.9. The van der Waals surface area contributed by atoms with E-state index < -0.39 is 10.0 Å². The summed E-state index contributed by atoms with van der Waals surface area (Å²) in [7, 11) is -3.75. The van der Waals surface area contributed by atoms with Crippen LogP contribution in [0.4, 0.5) is 0 Å². The number of ether oxygens (including phenoxy) is 2. The largest absolute Gasteiger partial charge is 0.494 e. The molecule has 1 heterocycles. The molecular formula is C20H34N2O4S. The first kappa shape index (κ1) is 22.0. The summed E-state index contributed by atoms with van der Waals surface area (Å²) in [6.07, 6.45) is 1.42. The number of nitrogens with one attached hydrogen (secondary N) is 2. The molecule has 0 aromatic heterocycles. The quantitative estimate of drug-likeness (QED) is 0.736. The number of benzene rings is 1. The van der Waals surface area contributed by atoms with E-state index in [1.165, 1.54) is 0 Å². The van der Waals surface area contributed by atoms with Crippen LogP contribution in [0.3, 0.4) is 0 Å². The second kappa shape index (κ2) is 7.97. The zero-order chi connectivity index (χ0) is 20.5. The molecule has 0 unspecified atom stereocenters. The smallest absolute Gasteiger partial charge is 0.244 e. The Morgan fingerprint density at radius 1 is 1.04 bits per heavy atom. The van der Waals surface area contributed by atoms with Gasteiger partial charge in [-0.1, -0.05) is 0 Å². The van der Waals surface area contributed by atoms with E-state index in [2.05, 4.69) is 37.7 Å². The summed E-state index contributed by atoms with van der Waals surface area (Å²) in [5.41, 5.74) is 0.548. The highest BCUT2D eigenvalue weighted by molar-refractivity contribution is 7.89. The minimum atomic E-state index is -3.75. The van der Waals surface area contributed by atoms with Crippen LogP contribution in [0.25, 0.3) is 0 Å². The molecule has 27 heavy (non-hydrogen) atoms. The Bertz CT molecular complexity index is 756. The summed E-state index contributed by atoms with van der Waals surface area (Å²) in [4.78, 5) is 0.132. The molecule has 7 heteroatoms. The Hall–Kier alpha value is -1.31. The third-order valence-electron chi connectivity index (χ3n) is 4.64. The van der Waals surface area contributed by atoms with Crippen LogP contribution in [0, 0.1) is 6.92 Å². The first-order valence-electron chi connectivity index (χ1n) is 9.61. The molecule has 0 amide bonds. The van der Waals surface area contributed by atoms with Gasteiger partial charge in [-0.15, -0.1) is 0 Å². The van der Waals surface area contributed by atoms with Gasteiger partial charge in [-0.05, 0) is 72.9 Å². The fourth-order valence-electron chi connectivity index (χ4n) is 4.12. The molecule has 2 rings (SSSR count). The Morgan fingerprint density at radius 3 is 2.07 bits per heavy atom. The van der Waals surface area contributed by atoms with Crippen molar-refractivity contribution in [2.75, 3.05) is 13.2 Å². The SMILES string of the molecule is CCOc1cc(S(=O)(=O)NC2CC(C)(C)NC(C)(C)C2)c(OCC)cc1C. The molecule has 1 saturated heterocycles. The van der Waals surface area contributed by atoms with Crippen LogP contribution in [-0.2, 0) is 10.0 Å². The lowest BCUT2D eigenvalue weighted by molar-refractivity contribution is 0.157. The van der Waals surface area contributed by atoms with E-state index in [0.29, 0.717) is 37.6 Å². The number of sulfonamides is 1. The zero-order valence-corrected chi connectivity index (χ0v) is 18.4. The number of hydrogen-bond donors (Lipinski definition) is 2. The van der Waals surface area contributed by atoms with E-state index in [1.54, 1.807) is 12.1 Å². The number of piperidine rings is 1. The van der Waals surface area contributed by atoms with Gasteiger partial charge >= 0.3 is 0 Å². The van der Waals surface area contributed by atoms with Gasteiger partial charge in [0.1, 0.15) is 16.4 Å². The number of hydrogen-bond acceptors (Lipinski definition) is 5. The normalized spacial score (nSPS) is 19.7. The highest BCUT2D eigenvalue weighted by atomic mass is 32.2. The number of aryl methyl sites for hydroxylation is 1. The van der Waals surface area contributed by atoms with Crippen molar-refractivity contribution in [2.45, 2.75) is 83.3 Å². The van der Waals surface area contributed by atoms with Crippen LogP contribution < -0.4 is 19.5 Å². The monoisotopic (exact) mass is 398 g/mol. The predicted molar refractivity (Wildman–Crippen MR) is 108 cm³/mol. The van der Waals surface area contributed by atoms with Crippen molar-refractivity contribution >= 4 is 10.0 Å². The minimum Gasteiger partial charge on any atom is -0.494 e. The minimum absolute atomic E-state index is 0.132. The summed E-state index contributed by atoms with van der Waals surface area (Å²) < 4.78 is 40.6. The van der Waals surface area contributed by atoms with Crippen LogP contribution in [0.1, 0.15) is 59.9 Å². The van der Waals surface area contributed by atoms with Crippen LogP contribution in [0.5, 0.6) is 11.5 Å². The molecule has 0 atom stereocenters. The van der Waals surface area contributed by atoms with Gasteiger partial charge in [-0.2, -0.15) is 0 Å². The molecule has 0 bridgehead atoms. The van der Waals surface area contributed by atoms with Gasteiger partial charge in [-0.3, -0.25) is 0 Å². The first-order chi connectivity index (χ1) is 12.4. The third kappa shape index (κ3) is 5.59. The van der Waals surface area contributed by atoms with Gasteiger partial charge in [0.2, 0.25) is 10.0 Å². The van der Waals surface area contributed by atoms with Gasteiger partial charge in [0, 0.05) is 23.2 Å². The van der Waals surface area contributed by atoms with E-state index in [9.17, 15) is 8.42 Å². The molecule has 1 aromatic rings. The second-order valence-electron chi connectivity index (χ2n) is 8.55. The highest BCUT2D eigenvalue weighted by Crippen LogP contribution is 2.34. The molecule has 6 nitrogen and oxygen atoms in total. The average molecular weight is 399 g/mol. The first-order valence-corrected chi connectivity index (χ1v) is 11.1. The molecular weight excluding hydrogens is 364 g/mol. The maximum Gasteiger partial charge on any atom is 0.244 e. The van der Waals surface area contributed by atoms with E-state index >= 15 is 0 Å². The molecule has 1 aliphatic rings. The van der Waals surface area contributed by atoms with Crippen LogP contribution >= 0.6 is 0 Å². The van der Waals surface area contributed by atoms with E-state index in [4.69, 9.17) is 9.47 Å². The maximum atomic E-state index is 13.2. The fourth-order valence-corrected chi connectivity index (χ4v) is 5.50. The van der Waals surface area contributed by atoms with Crippen molar-refractivity contribution in [1.29, 1.82) is 0 Å². The van der Waals surface area contributed by atoms with E-state index in [1.807, 2.05) is 20.8 Å². The lowest BCUT2D eigenvalue weighted by atomic mass is 9.80. The lowest BCUT2D eigenvalue weighted by Gasteiger charge is -2.46. The Balaban J connectivity index is 2.38. The van der Waals surface area contributed by atoms with Gasteiger partial charge in [0.25, 0.3) is 0 Å². The van der Waals surface area contributed by atoms with E-state index in [0.717, 1.165) is 5.56 Å². The fraction of sp³-hybridized carbons (Fsp3) is 0.700. The van der Waals surface area contributed by atoms with Gasteiger partial charge in [-0.25, -0.2) is 13.1 Å². The predicted octanol–water partition coefficient (Wildman–Crippen LogP) is 3.38. The lowest BCUT2D eigenvalue weighted by Crippen LogP contribution is -2.62. The van der Waals surface area contributed by atoms with Gasteiger partial charge in [0.15, 0.2) is 0 Å². The summed E-state index contributed by atoms with van der Waals surface area (Å²) in [5, 5.41) is 3.57. The third-order valence-corrected chi connectivity index (χ3v) is 6.18. The Labute approximate surface area is 164 Å². The van der Waals surface area contributed by atoms with E-state index in [-0.39, 0.29) is 22.0 Å². The van der Waals surface area contributed by atoms with Crippen molar-refractivity contribution in [3.63, 3.8) is 0 Å². The molecule has 154 valence electrons. The molecule has 1 aliphatic heterocycles. The summed E-state index contributed by atoms with van der Waals surface area (Å²) >= 11 is 0. The topological polar surface area (TPSA) is 76.7 Å². The average Bonchev–Trinajstić information content (AvgIpc) is 2.46. The number of rotatable bonds is 7. The van der Waals surface area contributed by atoms with Crippen molar-refractivity contribution in [1.82, 2.24) is 10.0 Å². The molecule has 1 aromatic carbocycles. The van der Waals surface area contributed by atoms with Crippen LogP contribution in [0.15, 0.2) is 17.0 Å². The van der Waals surface area contributed by atoms with Crippen molar-refractivity contribution in [2.24, 2.45) is 0 Å². The Morgan fingerprint density at radius 2 is 1.56 bits per heavy atom. The molecule has 0 saturated carbocycles. The molecule has 0 spiro atoms. The van der Waals surface area contributed by atoms with Gasteiger partial charge in [0.05, 0.1) is 13.2 Å². The highest BCUT2D eigenvalue weighted by Gasteiger charge is 2.39. The Kier molecular flexibility index (Phi) is 6.49. The van der Waals surface area contributed by atoms with Crippen molar-refractivity contribution in [3.05, 3.63) is 17.7 Å². The maximum absolute atomic E-state index is 13.2. The molecule has 2 N–H and O–H groups in total. The zero-order valence-electron chi connectivity index (χ0n) is 17.6. The van der Waals surface area contributed by atoms with Crippen molar-refractivity contribution in [3.8, 4) is 11.5 Å². The molecule has 0 radical (unpaired) electrons. The standard InChI is InChI=1S/C20H34N2O4S/c1-8-25-16-11-18(17(26-9-2)10-14(16)3)27(23,24)21-15-12-19(4,5)22-20(6,7)13-15/h10-11,15,21-22H,8-9,12-13H2,1-7H3. The summed E-state index contributed by atoms with van der Waals surface area (Å²) in [5.74, 6) is 0.922. The summed E-state index contributed by atoms with van der Waals surface area (Å²) in [6, 6.07) is 3.15. The van der Waals surface area contributed by atoms with Crippen LogP contribution in [0.2, 0.25) is 0 Å².